The fourth-order valence-electron chi connectivity index (χ4n) is 2.43. The highest BCUT2D eigenvalue weighted by molar-refractivity contribution is 8.01. The van der Waals surface area contributed by atoms with Crippen LogP contribution < -0.4 is 10.6 Å². The van der Waals surface area contributed by atoms with E-state index in [0.717, 1.165) is 11.3 Å². The SMILES string of the molecule is Cc1ccc(NC(=O)CSC(C)C(=O)Nc2nc(-c3cccc(F)c3)cs2)cc1. The Morgan fingerprint density at radius 2 is 1.93 bits per heavy atom. The first-order valence-electron chi connectivity index (χ1n) is 8.91. The largest absolute Gasteiger partial charge is 0.325 e. The van der Waals surface area contributed by atoms with Crippen molar-refractivity contribution in [2.24, 2.45) is 0 Å². The zero-order valence-corrected chi connectivity index (χ0v) is 17.6. The maximum Gasteiger partial charge on any atom is 0.239 e. The summed E-state index contributed by atoms with van der Waals surface area (Å²) >= 11 is 2.51. The second-order valence-electron chi connectivity index (χ2n) is 6.40. The Labute approximate surface area is 176 Å². The summed E-state index contributed by atoms with van der Waals surface area (Å²) in [7, 11) is 0. The van der Waals surface area contributed by atoms with Gasteiger partial charge in [-0.15, -0.1) is 23.1 Å². The molecule has 150 valence electrons. The first kappa shape index (κ1) is 21.0. The third-order valence-corrected chi connectivity index (χ3v) is 5.92. The number of hydrogen-bond acceptors (Lipinski definition) is 5. The third kappa shape index (κ3) is 6.13. The molecule has 1 aromatic heterocycles. The van der Waals surface area contributed by atoms with Crippen LogP contribution in [0.5, 0.6) is 0 Å². The van der Waals surface area contributed by atoms with Crippen LogP contribution in [0.15, 0.2) is 53.9 Å². The van der Waals surface area contributed by atoms with E-state index in [0.29, 0.717) is 16.4 Å². The normalized spacial score (nSPS) is 11.7. The lowest BCUT2D eigenvalue weighted by Crippen LogP contribution is -2.25. The second kappa shape index (κ2) is 9.67. The first-order chi connectivity index (χ1) is 13.9. The molecule has 1 unspecified atom stereocenters. The maximum absolute atomic E-state index is 13.4. The third-order valence-electron chi connectivity index (χ3n) is 4.02. The summed E-state index contributed by atoms with van der Waals surface area (Å²) in [6, 6.07) is 13.7. The Hall–Kier alpha value is -2.71. The predicted molar refractivity (Wildman–Crippen MR) is 118 cm³/mol. The minimum absolute atomic E-state index is 0.162. The van der Waals surface area contributed by atoms with Crippen LogP contribution in [0.1, 0.15) is 12.5 Å². The molecule has 0 saturated carbocycles. The van der Waals surface area contributed by atoms with Crippen molar-refractivity contribution in [2.75, 3.05) is 16.4 Å². The molecule has 0 spiro atoms. The van der Waals surface area contributed by atoms with E-state index in [1.165, 1.54) is 35.2 Å². The lowest BCUT2D eigenvalue weighted by molar-refractivity contribution is -0.115. The van der Waals surface area contributed by atoms with Gasteiger partial charge in [0.25, 0.3) is 0 Å². The van der Waals surface area contributed by atoms with Gasteiger partial charge in [-0.2, -0.15) is 0 Å². The van der Waals surface area contributed by atoms with Gasteiger partial charge in [0.1, 0.15) is 5.82 Å². The number of nitrogens with one attached hydrogen (secondary N) is 2. The van der Waals surface area contributed by atoms with E-state index >= 15 is 0 Å². The Morgan fingerprint density at radius 3 is 2.66 bits per heavy atom. The monoisotopic (exact) mass is 429 g/mol. The van der Waals surface area contributed by atoms with Crippen LogP contribution in [-0.2, 0) is 9.59 Å². The van der Waals surface area contributed by atoms with Crippen molar-refractivity contribution < 1.29 is 14.0 Å². The number of halogens is 1. The van der Waals surface area contributed by atoms with Crippen LogP contribution >= 0.6 is 23.1 Å². The number of aromatic nitrogens is 1. The van der Waals surface area contributed by atoms with Gasteiger partial charge in [-0.1, -0.05) is 29.8 Å². The molecule has 8 heteroatoms. The second-order valence-corrected chi connectivity index (χ2v) is 8.59. The topological polar surface area (TPSA) is 71.1 Å². The molecule has 5 nitrogen and oxygen atoms in total. The van der Waals surface area contributed by atoms with Crippen LogP contribution in [0.3, 0.4) is 0 Å². The van der Waals surface area contributed by atoms with Crippen LogP contribution in [0.4, 0.5) is 15.2 Å². The van der Waals surface area contributed by atoms with Crippen molar-refractivity contribution in [1.82, 2.24) is 4.98 Å². The molecule has 0 bridgehead atoms. The zero-order valence-electron chi connectivity index (χ0n) is 15.9. The molecule has 29 heavy (non-hydrogen) atoms. The molecule has 0 aliphatic heterocycles. The molecule has 1 heterocycles. The number of nitrogens with zero attached hydrogens (tertiary/aromatic N) is 1. The van der Waals surface area contributed by atoms with Crippen molar-refractivity contribution >= 4 is 45.7 Å². The molecule has 1 atom stereocenters. The summed E-state index contributed by atoms with van der Waals surface area (Å²) in [6.45, 7) is 3.71. The molecule has 0 aliphatic rings. The molecule has 2 amide bonds. The molecule has 3 aromatic rings. The van der Waals surface area contributed by atoms with Crippen molar-refractivity contribution in [3.8, 4) is 11.3 Å². The van der Waals surface area contributed by atoms with Gasteiger partial charge in [-0.25, -0.2) is 9.37 Å². The number of aryl methyl sites for hydroxylation is 1. The van der Waals surface area contributed by atoms with Gasteiger partial charge in [0, 0.05) is 16.6 Å². The minimum atomic E-state index is -0.430. The number of rotatable bonds is 7. The maximum atomic E-state index is 13.4. The Kier molecular flexibility index (Phi) is 7.00. The predicted octanol–water partition coefficient (Wildman–Crippen LogP) is 4.96. The van der Waals surface area contributed by atoms with Crippen LogP contribution in [0.25, 0.3) is 11.3 Å². The number of thiazole rings is 1. The van der Waals surface area contributed by atoms with E-state index in [1.54, 1.807) is 24.4 Å². The van der Waals surface area contributed by atoms with Gasteiger partial charge < -0.3 is 10.6 Å². The number of benzene rings is 2. The van der Waals surface area contributed by atoms with Gasteiger partial charge in [-0.05, 0) is 38.1 Å². The van der Waals surface area contributed by atoms with E-state index < -0.39 is 5.25 Å². The standard InChI is InChI=1S/C21H20FN3O2S2/c1-13-6-8-17(9-7-13)23-19(26)12-28-14(2)20(27)25-21-24-18(11-29-21)15-4-3-5-16(22)10-15/h3-11,14H,12H2,1-2H3,(H,23,26)(H,24,25,27). The van der Waals surface area contributed by atoms with E-state index in [2.05, 4.69) is 15.6 Å². The number of hydrogen-bond donors (Lipinski definition) is 2. The molecule has 0 aliphatic carbocycles. The highest BCUT2D eigenvalue weighted by Gasteiger charge is 2.17. The highest BCUT2D eigenvalue weighted by atomic mass is 32.2. The van der Waals surface area contributed by atoms with Crippen molar-refractivity contribution in [1.29, 1.82) is 0 Å². The summed E-state index contributed by atoms with van der Waals surface area (Å²) in [5, 5.41) is 7.32. The van der Waals surface area contributed by atoms with Crippen molar-refractivity contribution in [2.45, 2.75) is 19.1 Å². The van der Waals surface area contributed by atoms with Crippen LogP contribution in [0, 0.1) is 12.7 Å². The first-order valence-corrected chi connectivity index (χ1v) is 10.8. The van der Waals surface area contributed by atoms with Crippen molar-refractivity contribution in [3.05, 3.63) is 65.3 Å². The van der Waals surface area contributed by atoms with Gasteiger partial charge in [0.15, 0.2) is 5.13 Å². The molecule has 0 fully saturated rings. The quantitative estimate of drug-likeness (QED) is 0.557. The van der Waals surface area contributed by atoms with E-state index in [9.17, 15) is 14.0 Å². The summed E-state index contributed by atoms with van der Waals surface area (Å²) < 4.78 is 13.4. The fourth-order valence-corrected chi connectivity index (χ4v) is 3.84. The average Bonchev–Trinajstić information content (AvgIpc) is 3.16. The lowest BCUT2D eigenvalue weighted by atomic mass is 10.2. The Morgan fingerprint density at radius 1 is 1.17 bits per heavy atom. The summed E-state index contributed by atoms with van der Waals surface area (Å²) in [5.41, 5.74) is 3.09. The van der Waals surface area contributed by atoms with Gasteiger partial charge >= 0.3 is 0 Å². The molecular formula is C21H20FN3O2S2. The van der Waals surface area contributed by atoms with E-state index in [4.69, 9.17) is 0 Å². The molecule has 3 rings (SSSR count). The molecule has 2 aromatic carbocycles. The summed E-state index contributed by atoms with van der Waals surface area (Å²) in [5.74, 6) is -0.580. The number of thioether (sulfide) groups is 1. The number of carbonyl (C=O) groups is 2. The fraction of sp³-hybridized carbons (Fsp3) is 0.190. The zero-order chi connectivity index (χ0) is 20.8. The number of anilines is 2. The van der Waals surface area contributed by atoms with Gasteiger partial charge in [-0.3, -0.25) is 9.59 Å². The van der Waals surface area contributed by atoms with Crippen LogP contribution in [-0.4, -0.2) is 27.8 Å². The Balaban J connectivity index is 1.49. The van der Waals surface area contributed by atoms with Crippen LogP contribution in [0.2, 0.25) is 0 Å². The Bertz CT molecular complexity index is 1010. The molecule has 2 N–H and O–H groups in total. The lowest BCUT2D eigenvalue weighted by Gasteiger charge is -2.11. The number of amides is 2. The molecule has 0 radical (unpaired) electrons. The van der Waals surface area contributed by atoms with Crippen molar-refractivity contribution in [3.63, 3.8) is 0 Å². The van der Waals surface area contributed by atoms with E-state index in [1.807, 2.05) is 31.2 Å². The van der Waals surface area contributed by atoms with E-state index in [-0.39, 0.29) is 23.4 Å². The summed E-state index contributed by atoms with van der Waals surface area (Å²) in [6.07, 6.45) is 0. The average molecular weight is 430 g/mol. The van der Waals surface area contributed by atoms with Gasteiger partial charge in [0.2, 0.25) is 11.8 Å². The summed E-state index contributed by atoms with van der Waals surface area (Å²) in [4.78, 5) is 28.8. The molecular weight excluding hydrogens is 409 g/mol. The number of carbonyl (C=O) groups excluding carboxylic acids is 2. The van der Waals surface area contributed by atoms with Gasteiger partial charge in [0.05, 0.1) is 16.7 Å². The molecule has 0 saturated heterocycles. The minimum Gasteiger partial charge on any atom is -0.325 e. The smallest absolute Gasteiger partial charge is 0.239 e. The highest BCUT2D eigenvalue weighted by Crippen LogP contribution is 2.26.